The fourth-order valence-corrected chi connectivity index (χ4v) is 4.48. The zero-order valence-corrected chi connectivity index (χ0v) is 19.2. The van der Waals surface area contributed by atoms with Crippen LogP contribution in [0.25, 0.3) is 16.9 Å². The first kappa shape index (κ1) is 21.3. The second kappa shape index (κ2) is 9.50. The third-order valence-corrected chi connectivity index (χ3v) is 6.21. The molecule has 1 fully saturated rings. The Balaban J connectivity index is 1.33. The predicted molar refractivity (Wildman–Crippen MR) is 134 cm³/mol. The van der Waals surface area contributed by atoms with Crippen molar-refractivity contribution in [3.63, 3.8) is 0 Å². The molecule has 3 aromatic heterocycles. The molecule has 0 spiro atoms. The molecule has 5 rings (SSSR count). The summed E-state index contributed by atoms with van der Waals surface area (Å²) in [5, 5.41) is 3.54. The Morgan fingerprint density at radius 2 is 1.76 bits per heavy atom. The molecule has 0 aliphatic carbocycles. The smallest absolute Gasteiger partial charge is 0.213 e. The molecule has 33 heavy (non-hydrogen) atoms. The van der Waals surface area contributed by atoms with E-state index >= 15 is 0 Å². The summed E-state index contributed by atoms with van der Waals surface area (Å²) in [4.78, 5) is 13.8. The summed E-state index contributed by atoms with van der Waals surface area (Å²) in [6, 6.07) is 16.8. The number of imidazole rings is 1. The summed E-state index contributed by atoms with van der Waals surface area (Å²) in [6.07, 6.45) is 6.78. The molecule has 0 atom stereocenters. The van der Waals surface area contributed by atoms with E-state index in [1.165, 1.54) is 18.7 Å². The number of methoxy groups -OCH3 is 1. The van der Waals surface area contributed by atoms with Gasteiger partial charge in [0.2, 0.25) is 5.88 Å². The van der Waals surface area contributed by atoms with Gasteiger partial charge in [-0.25, -0.2) is 9.97 Å². The third-order valence-electron chi connectivity index (χ3n) is 6.21. The number of rotatable bonds is 7. The van der Waals surface area contributed by atoms with Crippen LogP contribution in [0.3, 0.4) is 0 Å². The van der Waals surface area contributed by atoms with Crippen molar-refractivity contribution in [1.82, 2.24) is 19.3 Å². The van der Waals surface area contributed by atoms with Crippen LogP contribution in [0.1, 0.15) is 13.3 Å². The molecule has 1 N–H and O–H groups in total. The summed E-state index contributed by atoms with van der Waals surface area (Å²) in [5.74, 6) is 0.592. The molecular weight excluding hydrogens is 412 g/mol. The van der Waals surface area contributed by atoms with Gasteiger partial charge in [0.05, 0.1) is 18.5 Å². The van der Waals surface area contributed by atoms with Crippen LogP contribution in [0.4, 0.5) is 17.1 Å². The number of hydrogen-bond acceptors (Lipinski definition) is 6. The van der Waals surface area contributed by atoms with E-state index in [4.69, 9.17) is 4.74 Å². The van der Waals surface area contributed by atoms with Crippen molar-refractivity contribution in [1.29, 1.82) is 0 Å². The zero-order chi connectivity index (χ0) is 22.6. The highest BCUT2D eigenvalue weighted by molar-refractivity contribution is 5.78. The van der Waals surface area contributed by atoms with Crippen LogP contribution in [0.2, 0.25) is 0 Å². The molecular formula is C26H30N6O. The quantitative estimate of drug-likeness (QED) is 0.448. The minimum Gasteiger partial charge on any atom is -0.481 e. The standard InChI is InChI=1S/C26H30N6O/c1-3-13-30-15-17-31(18-16-30)22-6-4-21(5-7-22)29-23-8-9-24(32-14-12-28-26(23)32)20-10-11-27-25(19-20)33-2/h4-12,14,19,29H,3,13,15-18H2,1-2H3. The lowest BCUT2D eigenvalue weighted by atomic mass is 10.1. The minimum absolute atomic E-state index is 0.592. The Labute approximate surface area is 194 Å². The monoisotopic (exact) mass is 442 g/mol. The van der Waals surface area contributed by atoms with Gasteiger partial charge in [0.15, 0.2) is 5.65 Å². The lowest BCUT2D eigenvalue weighted by molar-refractivity contribution is 0.258. The number of aromatic nitrogens is 3. The molecule has 7 heteroatoms. The van der Waals surface area contributed by atoms with Gasteiger partial charge < -0.3 is 15.0 Å². The molecule has 1 aliphatic rings. The average Bonchev–Trinajstić information content (AvgIpc) is 3.36. The maximum atomic E-state index is 5.29. The van der Waals surface area contributed by atoms with E-state index in [9.17, 15) is 0 Å². The van der Waals surface area contributed by atoms with Gasteiger partial charge in [0, 0.05) is 67.8 Å². The predicted octanol–water partition coefficient (Wildman–Crippen LogP) is 4.68. The molecule has 1 saturated heterocycles. The van der Waals surface area contributed by atoms with Gasteiger partial charge in [-0.2, -0.15) is 0 Å². The van der Waals surface area contributed by atoms with Crippen molar-refractivity contribution < 1.29 is 4.74 Å². The molecule has 4 heterocycles. The van der Waals surface area contributed by atoms with E-state index in [-0.39, 0.29) is 0 Å². The molecule has 1 aliphatic heterocycles. The molecule has 170 valence electrons. The number of anilines is 3. The summed E-state index contributed by atoms with van der Waals surface area (Å²) in [6.45, 7) is 7.90. The van der Waals surface area contributed by atoms with E-state index in [0.29, 0.717) is 5.88 Å². The minimum atomic E-state index is 0.592. The fraction of sp³-hybridized carbons (Fsp3) is 0.308. The lowest BCUT2D eigenvalue weighted by Gasteiger charge is -2.36. The fourth-order valence-electron chi connectivity index (χ4n) is 4.48. The van der Waals surface area contributed by atoms with Gasteiger partial charge in [-0.3, -0.25) is 9.30 Å². The Morgan fingerprint density at radius 3 is 2.52 bits per heavy atom. The number of fused-ring (bicyclic) bond motifs is 1. The van der Waals surface area contributed by atoms with Gasteiger partial charge in [-0.15, -0.1) is 0 Å². The summed E-state index contributed by atoms with van der Waals surface area (Å²) in [5.41, 5.74) is 6.23. The van der Waals surface area contributed by atoms with Crippen molar-refractivity contribution in [2.24, 2.45) is 0 Å². The first-order chi connectivity index (χ1) is 16.2. The maximum Gasteiger partial charge on any atom is 0.213 e. The van der Waals surface area contributed by atoms with E-state index in [2.05, 4.69) is 72.8 Å². The van der Waals surface area contributed by atoms with Crippen molar-refractivity contribution >= 4 is 22.7 Å². The summed E-state index contributed by atoms with van der Waals surface area (Å²) < 4.78 is 7.37. The molecule has 0 radical (unpaired) electrons. The van der Waals surface area contributed by atoms with Crippen molar-refractivity contribution in [2.75, 3.05) is 50.1 Å². The first-order valence-electron chi connectivity index (χ1n) is 11.6. The molecule has 4 aromatic rings. The highest BCUT2D eigenvalue weighted by atomic mass is 16.5. The first-order valence-corrected chi connectivity index (χ1v) is 11.6. The van der Waals surface area contributed by atoms with Crippen LogP contribution in [0.15, 0.2) is 67.1 Å². The molecule has 0 amide bonds. The summed E-state index contributed by atoms with van der Waals surface area (Å²) >= 11 is 0. The van der Waals surface area contributed by atoms with Crippen LogP contribution >= 0.6 is 0 Å². The van der Waals surface area contributed by atoms with Crippen LogP contribution in [-0.4, -0.2) is 59.1 Å². The molecule has 1 aromatic carbocycles. The topological polar surface area (TPSA) is 57.9 Å². The number of benzene rings is 1. The number of ether oxygens (including phenoxy) is 1. The maximum absolute atomic E-state index is 5.29. The van der Waals surface area contributed by atoms with Crippen molar-refractivity contribution in [2.45, 2.75) is 13.3 Å². The number of pyridine rings is 2. The Hall–Kier alpha value is -3.58. The second-order valence-corrected chi connectivity index (χ2v) is 8.34. The van der Waals surface area contributed by atoms with Gasteiger partial charge in [-0.05, 0) is 55.4 Å². The van der Waals surface area contributed by atoms with Gasteiger partial charge in [0.1, 0.15) is 0 Å². The lowest BCUT2D eigenvalue weighted by Crippen LogP contribution is -2.46. The summed E-state index contributed by atoms with van der Waals surface area (Å²) in [7, 11) is 1.63. The van der Waals surface area contributed by atoms with Crippen LogP contribution in [0.5, 0.6) is 5.88 Å². The van der Waals surface area contributed by atoms with Crippen molar-refractivity contribution in [3.05, 3.63) is 67.1 Å². The Kier molecular flexibility index (Phi) is 6.13. The third kappa shape index (κ3) is 4.50. The molecule has 0 unspecified atom stereocenters. The van der Waals surface area contributed by atoms with Gasteiger partial charge in [0.25, 0.3) is 0 Å². The van der Waals surface area contributed by atoms with E-state index in [1.807, 2.05) is 24.5 Å². The van der Waals surface area contributed by atoms with E-state index in [0.717, 1.165) is 54.5 Å². The molecule has 0 saturated carbocycles. The van der Waals surface area contributed by atoms with Gasteiger partial charge in [-0.1, -0.05) is 6.92 Å². The number of hydrogen-bond donors (Lipinski definition) is 1. The van der Waals surface area contributed by atoms with Crippen LogP contribution in [0, 0.1) is 0 Å². The van der Waals surface area contributed by atoms with E-state index < -0.39 is 0 Å². The molecule has 0 bridgehead atoms. The van der Waals surface area contributed by atoms with Crippen molar-refractivity contribution in [3.8, 4) is 17.1 Å². The second-order valence-electron chi connectivity index (χ2n) is 8.34. The highest BCUT2D eigenvalue weighted by Gasteiger charge is 2.16. The number of piperazine rings is 1. The zero-order valence-electron chi connectivity index (χ0n) is 19.2. The number of nitrogens with zero attached hydrogens (tertiary/aromatic N) is 5. The normalized spacial score (nSPS) is 14.5. The van der Waals surface area contributed by atoms with Crippen LogP contribution in [-0.2, 0) is 0 Å². The highest BCUT2D eigenvalue weighted by Crippen LogP contribution is 2.29. The van der Waals surface area contributed by atoms with E-state index in [1.54, 1.807) is 13.3 Å². The Morgan fingerprint density at radius 1 is 0.939 bits per heavy atom. The average molecular weight is 443 g/mol. The SMILES string of the molecule is CCCN1CCN(c2ccc(Nc3ccc(-c4ccnc(OC)c4)n4ccnc34)cc2)CC1. The number of nitrogens with one attached hydrogen (secondary N) is 1. The van der Waals surface area contributed by atoms with Crippen LogP contribution < -0.4 is 15.0 Å². The van der Waals surface area contributed by atoms with Gasteiger partial charge >= 0.3 is 0 Å². The molecule has 7 nitrogen and oxygen atoms in total. The Bertz CT molecular complexity index is 1210. The largest absolute Gasteiger partial charge is 0.481 e.